The molecular weight excluding hydrogens is 427 g/mol. The van der Waals surface area contributed by atoms with Crippen LogP contribution in [0, 0.1) is 5.82 Å². The molecule has 0 spiro atoms. The van der Waals surface area contributed by atoms with E-state index in [1.165, 1.54) is 16.8 Å². The summed E-state index contributed by atoms with van der Waals surface area (Å²) in [4.78, 5) is 41.7. The number of carbonyl (C=O) groups excluding carboxylic acids is 2. The van der Waals surface area contributed by atoms with Gasteiger partial charge in [0.2, 0.25) is 0 Å². The fourth-order valence-electron chi connectivity index (χ4n) is 3.90. The quantitative estimate of drug-likeness (QED) is 0.534. The summed E-state index contributed by atoms with van der Waals surface area (Å²) in [5.74, 6) is -1.33. The lowest BCUT2D eigenvalue weighted by Gasteiger charge is -2.36. The van der Waals surface area contributed by atoms with Gasteiger partial charge in [-0.05, 0) is 36.8 Å². The topological polar surface area (TPSA) is 84.7 Å². The minimum atomic E-state index is -0.741. The number of aromatic nitrogens is 2. The molecule has 1 aliphatic heterocycles. The standard InChI is InChI=1S/C24H25FN4O4/c1-2-11-29-23(31)20-6-4-3-5-19(20)22(26-29)24(32)33-16-21(30)28-14-12-27(13-15-28)18-9-7-17(25)8-10-18/h3-10H,2,11-16H2,1H3. The molecule has 0 N–H and O–H groups in total. The summed E-state index contributed by atoms with van der Waals surface area (Å²) in [7, 11) is 0. The molecule has 0 aliphatic carbocycles. The maximum absolute atomic E-state index is 13.1. The fraction of sp³-hybridized carbons (Fsp3) is 0.333. The van der Waals surface area contributed by atoms with E-state index in [4.69, 9.17) is 4.74 Å². The number of esters is 1. The highest BCUT2D eigenvalue weighted by Gasteiger charge is 2.24. The van der Waals surface area contributed by atoms with E-state index in [-0.39, 0.29) is 23.0 Å². The molecule has 9 heteroatoms. The van der Waals surface area contributed by atoms with E-state index in [1.54, 1.807) is 41.3 Å². The molecule has 0 saturated carbocycles. The van der Waals surface area contributed by atoms with Gasteiger partial charge in [0.05, 0.1) is 5.39 Å². The minimum absolute atomic E-state index is 0.0209. The first kappa shape index (κ1) is 22.4. The Morgan fingerprint density at radius 2 is 1.67 bits per heavy atom. The van der Waals surface area contributed by atoms with Gasteiger partial charge in [0.15, 0.2) is 12.3 Å². The van der Waals surface area contributed by atoms with Crippen LogP contribution in [0.3, 0.4) is 0 Å². The van der Waals surface area contributed by atoms with Crippen LogP contribution in [-0.2, 0) is 16.1 Å². The lowest BCUT2D eigenvalue weighted by Crippen LogP contribution is -2.50. The third-order valence-electron chi connectivity index (χ3n) is 5.65. The summed E-state index contributed by atoms with van der Waals surface area (Å²) < 4.78 is 19.7. The van der Waals surface area contributed by atoms with Gasteiger partial charge in [-0.25, -0.2) is 13.9 Å². The largest absolute Gasteiger partial charge is 0.451 e. The first-order valence-corrected chi connectivity index (χ1v) is 10.9. The molecule has 2 heterocycles. The van der Waals surface area contributed by atoms with Gasteiger partial charge in [-0.1, -0.05) is 25.1 Å². The van der Waals surface area contributed by atoms with Crippen LogP contribution >= 0.6 is 0 Å². The molecule has 0 unspecified atom stereocenters. The number of rotatable bonds is 6. The van der Waals surface area contributed by atoms with Crippen LogP contribution in [0.25, 0.3) is 10.8 Å². The molecule has 0 radical (unpaired) electrons. The fourth-order valence-corrected chi connectivity index (χ4v) is 3.90. The summed E-state index contributed by atoms with van der Waals surface area (Å²) in [5.41, 5.74) is 0.654. The van der Waals surface area contributed by atoms with E-state index >= 15 is 0 Å². The van der Waals surface area contributed by atoms with Crippen LogP contribution in [0.5, 0.6) is 0 Å². The Labute approximate surface area is 190 Å². The average Bonchev–Trinajstić information content (AvgIpc) is 2.85. The Morgan fingerprint density at radius 3 is 2.33 bits per heavy atom. The highest BCUT2D eigenvalue weighted by molar-refractivity contribution is 6.02. The molecule has 3 aromatic rings. The maximum atomic E-state index is 13.1. The minimum Gasteiger partial charge on any atom is -0.451 e. The number of halogens is 1. The van der Waals surface area contributed by atoms with Gasteiger partial charge in [-0.15, -0.1) is 0 Å². The van der Waals surface area contributed by atoms with Crippen molar-refractivity contribution in [2.24, 2.45) is 0 Å². The van der Waals surface area contributed by atoms with Crippen molar-refractivity contribution in [2.45, 2.75) is 19.9 Å². The van der Waals surface area contributed by atoms with Crippen molar-refractivity contribution >= 4 is 28.3 Å². The lowest BCUT2D eigenvalue weighted by molar-refractivity contribution is -0.134. The molecule has 1 saturated heterocycles. The van der Waals surface area contributed by atoms with Gasteiger partial charge in [0.1, 0.15) is 5.82 Å². The second kappa shape index (κ2) is 9.81. The second-order valence-corrected chi connectivity index (χ2v) is 7.84. The zero-order chi connectivity index (χ0) is 23.4. The number of carbonyl (C=O) groups is 2. The summed E-state index contributed by atoms with van der Waals surface area (Å²) in [6.45, 7) is 4.01. The van der Waals surface area contributed by atoms with Gasteiger partial charge in [-0.2, -0.15) is 5.10 Å². The van der Waals surface area contributed by atoms with Gasteiger partial charge in [0, 0.05) is 43.8 Å². The Kier molecular flexibility index (Phi) is 6.67. The number of amides is 1. The summed E-state index contributed by atoms with van der Waals surface area (Å²) in [6.07, 6.45) is 0.683. The van der Waals surface area contributed by atoms with Crippen LogP contribution in [0.4, 0.5) is 10.1 Å². The summed E-state index contributed by atoms with van der Waals surface area (Å²) in [6, 6.07) is 13.0. The third kappa shape index (κ3) is 4.87. The van der Waals surface area contributed by atoms with Gasteiger partial charge in [0.25, 0.3) is 11.5 Å². The number of piperazine rings is 1. The van der Waals surface area contributed by atoms with Crippen LogP contribution in [0.1, 0.15) is 23.8 Å². The van der Waals surface area contributed by atoms with Crippen molar-refractivity contribution in [3.8, 4) is 0 Å². The second-order valence-electron chi connectivity index (χ2n) is 7.84. The Bertz CT molecular complexity index is 1220. The first-order chi connectivity index (χ1) is 16.0. The van der Waals surface area contributed by atoms with E-state index in [2.05, 4.69) is 10.00 Å². The molecule has 4 rings (SSSR count). The van der Waals surface area contributed by atoms with Crippen molar-refractivity contribution in [1.29, 1.82) is 0 Å². The number of hydrogen-bond donors (Lipinski definition) is 0. The molecule has 172 valence electrons. The molecule has 1 aliphatic rings. The number of fused-ring (bicyclic) bond motifs is 1. The molecule has 2 aromatic carbocycles. The third-order valence-corrected chi connectivity index (χ3v) is 5.65. The van der Waals surface area contributed by atoms with E-state index in [9.17, 15) is 18.8 Å². The smallest absolute Gasteiger partial charge is 0.359 e. The lowest BCUT2D eigenvalue weighted by atomic mass is 10.1. The summed E-state index contributed by atoms with van der Waals surface area (Å²) >= 11 is 0. The van der Waals surface area contributed by atoms with Crippen LogP contribution in [0.15, 0.2) is 53.3 Å². The van der Waals surface area contributed by atoms with E-state index in [1.807, 2.05) is 6.92 Å². The molecule has 1 amide bonds. The monoisotopic (exact) mass is 452 g/mol. The molecule has 1 fully saturated rings. The van der Waals surface area contributed by atoms with Crippen molar-refractivity contribution < 1.29 is 18.7 Å². The normalized spacial score (nSPS) is 13.9. The zero-order valence-corrected chi connectivity index (χ0v) is 18.4. The number of benzene rings is 2. The number of hydrogen-bond acceptors (Lipinski definition) is 6. The SMILES string of the molecule is CCCn1nc(C(=O)OCC(=O)N2CCN(c3ccc(F)cc3)CC2)c2ccccc2c1=O. The maximum Gasteiger partial charge on any atom is 0.359 e. The number of aryl methyl sites for hydroxylation is 1. The van der Waals surface area contributed by atoms with E-state index < -0.39 is 12.6 Å². The van der Waals surface area contributed by atoms with Gasteiger partial charge >= 0.3 is 5.97 Å². The van der Waals surface area contributed by atoms with Gasteiger partial charge < -0.3 is 14.5 Å². The zero-order valence-electron chi connectivity index (χ0n) is 18.4. The highest BCUT2D eigenvalue weighted by Crippen LogP contribution is 2.18. The Morgan fingerprint density at radius 1 is 1.00 bits per heavy atom. The molecule has 1 aromatic heterocycles. The first-order valence-electron chi connectivity index (χ1n) is 10.9. The van der Waals surface area contributed by atoms with Crippen molar-refractivity contribution in [1.82, 2.24) is 14.7 Å². The molecule has 0 atom stereocenters. The molecule has 33 heavy (non-hydrogen) atoms. The van der Waals surface area contributed by atoms with Crippen LogP contribution < -0.4 is 10.5 Å². The average molecular weight is 452 g/mol. The van der Waals surface area contributed by atoms with Crippen molar-refractivity contribution in [3.63, 3.8) is 0 Å². The number of anilines is 1. The van der Waals surface area contributed by atoms with E-state index in [0.29, 0.717) is 49.9 Å². The van der Waals surface area contributed by atoms with E-state index in [0.717, 1.165) is 5.69 Å². The number of ether oxygens (including phenoxy) is 1. The molecular formula is C24H25FN4O4. The predicted molar refractivity (Wildman–Crippen MR) is 122 cm³/mol. The Balaban J connectivity index is 1.39. The Hall–Kier alpha value is -3.75. The van der Waals surface area contributed by atoms with Gasteiger partial charge in [-0.3, -0.25) is 9.59 Å². The summed E-state index contributed by atoms with van der Waals surface area (Å²) in [5, 5.41) is 4.99. The van der Waals surface area contributed by atoms with Crippen LogP contribution in [-0.4, -0.2) is 59.3 Å². The van der Waals surface area contributed by atoms with Crippen molar-refractivity contribution in [3.05, 3.63) is 70.4 Å². The van der Waals surface area contributed by atoms with Crippen LogP contribution in [0.2, 0.25) is 0 Å². The molecule has 8 nitrogen and oxygen atoms in total. The highest BCUT2D eigenvalue weighted by atomic mass is 19.1. The molecule has 0 bridgehead atoms. The number of nitrogens with zero attached hydrogens (tertiary/aromatic N) is 4. The predicted octanol–water partition coefficient (Wildman–Crippen LogP) is 2.45. The van der Waals surface area contributed by atoms with Crippen molar-refractivity contribution in [2.75, 3.05) is 37.7 Å².